The zero-order valence-electron chi connectivity index (χ0n) is 6.21. The van der Waals surface area contributed by atoms with Gasteiger partial charge in [0.2, 0.25) is 0 Å². The topological polar surface area (TPSA) is 154 Å². The molecule has 0 rings (SSSR count). The third-order valence-electron chi connectivity index (χ3n) is 0.471. The Labute approximate surface area is 73.4 Å². The van der Waals surface area contributed by atoms with Crippen LogP contribution in [-0.4, -0.2) is 31.1 Å². The van der Waals surface area contributed by atoms with Crippen molar-refractivity contribution in [2.24, 2.45) is 0 Å². The predicted octanol–water partition coefficient (Wildman–Crippen LogP) is -0.410. The molecule has 1 unspecified atom stereocenters. The standard InChI is InChI=1S/CH7O9P3/c1-11(2,3)9-13(7,8)10-12(4,5)6/h7-8H,1H3,(H2-,2,3,4,5,6)/p+1. The summed E-state index contributed by atoms with van der Waals surface area (Å²) in [7, 11) is -14.4. The van der Waals surface area contributed by atoms with Crippen molar-refractivity contribution in [3.63, 3.8) is 0 Å². The Morgan fingerprint density at radius 3 is 1.69 bits per heavy atom. The van der Waals surface area contributed by atoms with Gasteiger partial charge in [-0.25, -0.2) is 4.57 Å². The maximum atomic E-state index is 10.4. The van der Waals surface area contributed by atoms with E-state index in [0.717, 1.165) is 0 Å². The third kappa shape index (κ3) is 8.93. The van der Waals surface area contributed by atoms with Crippen LogP contribution in [0.25, 0.3) is 0 Å². The summed E-state index contributed by atoms with van der Waals surface area (Å²) in [6, 6.07) is 0. The van der Waals surface area contributed by atoms with E-state index < -0.39 is 23.6 Å². The van der Waals surface area contributed by atoms with Crippen LogP contribution in [0, 0.1) is 0 Å². The largest absolute Gasteiger partial charge is 0.589 e. The summed E-state index contributed by atoms with van der Waals surface area (Å²) in [4.78, 5) is 41.8. The van der Waals surface area contributed by atoms with E-state index in [4.69, 9.17) is 24.5 Å². The Morgan fingerprint density at radius 1 is 1.08 bits per heavy atom. The van der Waals surface area contributed by atoms with E-state index in [1.165, 1.54) is 0 Å². The molecule has 0 aromatic rings. The van der Waals surface area contributed by atoms with Crippen LogP contribution < -0.4 is 0 Å². The second-order valence-corrected chi connectivity index (χ2v) is 6.82. The van der Waals surface area contributed by atoms with Crippen molar-refractivity contribution in [2.75, 3.05) is 6.66 Å². The van der Waals surface area contributed by atoms with Crippen molar-refractivity contribution in [1.29, 1.82) is 0 Å². The highest BCUT2D eigenvalue weighted by atomic mass is 31.3. The van der Waals surface area contributed by atoms with Gasteiger partial charge in [-0.3, -0.25) is 4.57 Å². The molecule has 0 saturated carbocycles. The Bertz CT molecular complexity index is 230. The Morgan fingerprint density at radius 2 is 1.46 bits per heavy atom. The average Bonchev–Trinajstić information content (AvgIpc) is 1.43. The van der Waals surface area contributed by atoms with Crippen LogP contribution in [0.15, 0.2) is 0 Å². The van der Waals surface area contributed by atoms with E-state index in [-0.39, 0.29) is 0 Å². The number of hydrogen-bond donors (Lipinski definition) is 5. The van der Waals surface area contributed by atoms with Gasteiger partial charge < -0.3 is 14.7 Å². The molecule has 0 aliphatic heterocycles. The summed E-state index contributed by atoms with van der Waals surface area (Å²) in [6.07, 6.45) is 0. The van der Waals surface area contributed by atoms with Crippen molar-refractivity contribution < 1.29 is 42.2 Å². The summed E-state index contributed by atoms with van der Waals surface area (Å²) in [5.41, 5.74) is 0. The van der Waals surface area contributed by atoms with Crippen LogP contribution >= 0.6 is 23.6 Å². The first kappa shape index (κ1) is 13.6. The van der Waals surface area contributed by atoms with Crippen molar-refractivity contribution in [3.8, 4) is 0 Å². The van der Waals surface area contributed by atoms with Gasteiger partial charge in [0.15, 0.2) is 0 Å². The Balaban J connectivity index is 4.43. The lowest BCUT2D eigenvalue weighted by Gasteiger charge is -2.10. The quantitative estimate of drug-likeness (QED) is 0.422. The van der Waals surface area contributed by atoms with Crippen molar-refractivity contribution >= 4 is 23.6 Å². The van der Waals surface area contributed by atoms with Gasteiger partial charge in [0.05, 0.1) is 0 Å². The second-order valence-electron chi connectivity index (χ2n) is 1.95. The van der Waals surface area contributed by atoms with Gasteiger partial charge >= 0.3 is 23.6 Å². The molecule has 0 aliphatic rings. The van der Waals surface area contributed by atoms with Crippen molar-refractivity contribution in [3.05, 3.63) is 0 Å². The highest BCUT2D eigenvalue weighted by Gasteiger charge is 2.52. The molecule has 0 aromatic carbocycles. The Kier molecular flexibility index (Phi) is 4.19. The molecule has 0 radical (unpaired) electrons. The van der Waals surface area contributed by atoms with Crippen LogP contribution in [0.5, 0.6) is 0 Å². The molecule has 80 valence electrons. The lowest BCUT2D eigenvalue weighted by molar-refractivity contribution is 0.196. The molecule has 0 aliphatic carbocycles. The zero-order valence-corrected chi connectivity index (χ0v) is 8.89. The second kappa shape index (κ2) is 4.00. The van der Waals surface area contributed by atoms with Crippen molar-refractivity contribution in [2.45, 2.75) is 0 Å². The molecule has 1 atom stereocenters. The molecule has 13 heavy (non-hydrogen) atoms. The average molecular weight is 257 g/mol. The summed E-state index contributed by atoms with van der Waals surface area (Å²) >= 11 is 0. The number of hydrogen-bond acceptors (Lipinski definition) is 6. The predicted molar refractivity (Wildman–Crippen MR) is 41.3 cm³/mol. The highest BCUT2D eigenvalue weighted by molar-refractivity contribution is 7.71. The van der Waals surface area contributed by atoms with E-state index in [2.05, 4.69) is 8.62 Å². The maximum absolute atomic E-state index is 10.4. The van der Waals surface area contributed by atoms with Gasteiger partial charge in [0.1, 0.15) is 0 Å². The summed E-state index contributed by atoms with van der Waals surface area (Å²) in [5.74, 6) is 0. The summed E-state index contributed by atoms with van der Waals surface area (Å²) in [5, 5.41) is 0. The van der Waals surface area contributed by atoms with Gasteiger partial charge in [0.25, 0.3) is 0 Å². The molecule has 0 bridgehead atoms. The molecule has 0 aromatic heterocycles. The van der Waals surface area contributed by atoms with Gasteiger partial charge in [-0.1, -0.05) is 4.31 Å². The molecule has 9 nitrogen and oxygen atoms in total. The molecule has 0 fully saturated rings. The minimum Gasteiger partial charge on any atom is -0.322 e. The molecule has 0 saturated heterocycles. The van der Waals surface area contributed by atoms with E-state index in [1.807, 2.05) is 0 Å². The first-order chi connectivity index (χ1) is 5.41. The Hall–Kier alpha value is 0.610. The zero-order chi connectivity index (χ0) is 10.9. The minimum absolute atomic E-state index is 0.594. The third-order valence-corrected chi connectivity index (χ3v) is 4.24. The van der Waals surface area contributed by atoms with Gasteiger partial charge in [-0.2, -0.15) is 9.79 Å². The summed E-state index contributed by atoms with van der Waals surface area (Å²) < 4.78 is 27.4. The molecule has 0 spiro atoms. The molecular weight excluding hydrogens is 249 g/mol. The maximum Gasteiger partial charge on any atom is 0.589 e. The first-order valence-electron chi connectivity index (χ1n) is 2.54. The fraction of sp³-hybridized carbons (Fsp3) is 1.00. The molecule has 0 amide bonds. The fourth-order valence-electron chi connectivity index (χ4n) is 0.351. The molecule has 12 heteroatoms. The monoisotopic (exact) mass is 257 g/mol. The normalized spacial score (nSPS) is 18.3. The summed E-state index contributed by atoms with van der Waals surface area (Å²) in [6.45, 7) is 0.594. The van der Waals surface area contributed by atoms with Gasteiger partial charge in [-0.05, 0) is 4.31 Å². The SMILES string of the molecule is CP(=O)(O)O[P+](O)(O)OP(=O)(O)O. The first-order valence-corrected chi connectivity index (χ1v) is 7.63. The minimum atomic E-state index is -5.18. The lowest BCUT2D eigenvalue weighted by atomic mass is 12.0. The molecule has 5 N–H and O–H groups in total. The van der Waals surface area contributed by atoms with Gasteiger partial charge in [-0.15, -0.1) is 0 Å². The smallest absolute Gasteiger partial charge is 0.322 e. The number of phosphoric acid groups is 1. The van der Waals surface area contributed by atoms with Crippen LogP contribution in [0.2, 0.25) is 0 Å². The van der Waals surface area contributed by atoms with Crippen LogP contribution in [0.4, 0.5) is 0 Å². The van der Waals surface area contributed by atoms with E-state index in [9.17, 15) is 9.13 Å². The van der Waals surface area contributed by atoms with Crippen molar-refractivity contribution in [1.82, 2.24) is 0 Å². The molecular formula is CH8O9P3+. The van der Waals surface area contributed by atoms with E-state index in [1.54, 1.807) is 0 Å². The molecule has 0 heterocycles. The number of rotatable bonds is 4. The fourth-order valence-corrected chi connectivity index (χ4v) is 3.43. The van der Waals surface area contributed by atoms with E-state index in [0.29, 0.717) is 6.66 Å². The van der Waals surface area contributed by atoms with Gasteiger partial charge in [0, 0.05) is 6.66 Å². The highest BCUT2D eigenvalue weighted by Crippen LogP contribution is 2.70. The van der Waals surface area contributed by atoms with Crippen LogP contribution in [-0.2, 0) is 17.8 Å². The van der Waals surface area contributed by atoms with E-state index >= 15 is 0 Å². The van der Waals surface area contributed by atoms with Crippen LogP contribution in [0.1, 0.15) is 0 Å². The lowest BCUT2D eigenvalue weighted by Crippen LogP contribution is -1.98. The van der Waals surface area contributed by atoms with Crippen LogP contribution in [0.3, 0.4) is 0 Å².